The summed E-state index contributed by atoms with van der Waals surface area (Å²) in [5.41, 5.74) is 5.43. The highest BCUT2D eigenvalue weighted by Gasteiger charge is 2.74. The van der Waals surface area contributed by atoms with Crippen LogP contribution in [0.1, 0.15) is 40.7 Å². The lowest BCUT2D eigenvalue weighted by Gasteiger charge is -2.36. The molecule has 4 atom stereocenters. The van der Waals surface area contributed by atoms with Crippen molar-refractivity contribution in [1.29, 1.82) is 0 Å². The van der Waals surface area contributed by atoms with Crippen molar-refractivity contribution in [2.45, 2.75) is 52.1 Å². The van der Waals surface area contributed by atoms with E-state index in [1.54, 1.807) is 0 Å². The standard InChI is InChI=1S/C26H27N3O3/c1-13-7-9-17(12-15(13)3)29-23(30)20-19-6-5-11-28(19)26(21(20)24(29)31)18-10-8-14(2)16(4)22(18)27-25(26)32/h7-10,12,19-21H,5-6,11H2,1-4H3,(H,27,32). The summed E-state index contributed by atoms with van der Waals surface area (Å²) < 4.78 is 0. The number of nitrogens with one attached hydrogen (secondary N) is 1. The highest BCUT2D eigenvalue weighted by atomic mass is 16.2. The van der Waals surface area contributed by atoms with E-state index in [9.17, 15) is 14.4 Å². The van der Waals surface area contributed by atoms with E-state index in [0.717, 1.165) is 52.9 Å². The molecule has 0 aliphatic carbocycles. The monoisotopic (exact) mass is 429 g/mol. The molecule has 0 aromatic heterocycles. The lowest BCUT2D eigenvalue weighted by molar-refractivity contribution is -0.135. The van der Waals surface area contributed by atoms with Gasteiger partial charge in [0.25, 0.3) is 0 Å². The van der Waals surface area contributed by atoms with E-state index in [2.05, 4.69) is 10.2 Å². The van der Waals surface area contributed by atoms with Crippen molar-refractivity contribution in [2.24, 2.45) is 11.8 Å². The van der Waals surface area contributed by atoms with Crippen molar-refractivity contribution in [1.82, 2.24) is 4.90 Å². The topological polar surface area (TPSA) is 69.7 Å². The number of aryl methyl sites for hydroxylation is 3. The molecule has 0 bridgehead atoms. The summed E-state index contributed by atoms with van der Waals surface area (Å²) in [6, 6.07) is 9.61. The molecule has 0 radical (unpaired) electrons. The number of anilines is 2. The zero-order chi connectivity index (χ0) is 22.5. The zero-order valence-electron chi connectivity index (χ0n) is 18.9. The molecular weight excluding hydrogens is 402 g/mol. The van der Waals surface area contributed by atoms with Crippen molar-refractivity contribution in [3.05, 3.63) is 58.1 Å². The SMILES string of the molecule is Cc1ccc(N2C(=O)C3C4CCCN4C4(C(=O)Nc5c4ccc(C)c5C)C3C2=O)cc1C. The Morgan fingerprint density at radius 1 is 0.938 bits per heavy atom. The summed E-state index contributed by atoms with van der Waals surface area (Å²) in [7, 11) is 0. The molecule has 6 heteroatoms. The summed E-state index contributed by atoms with van der Waals surface area (Å²) in [4.78, 5) is 45.0. The fraction of sp³-hybridized carbons (Fsp3) is 0.423. The summed E-state index contributed by atoms with van der Waals surface area (Å²) >= 11 is 0. The minimum Gasteiger partial charge on any atom is -0.324 e. The van der Waals surface area contributed by atoms with Crippen LogP contribution in [0.15, 0.2) is 30.3 Å². The van der Waals surface area contributed by atoms with E-state index >= 15 is 0 Å². The predicted octanol–water partition coefficient (Wildman–Crippen LogP) is 3.35. The van der Waals surface area contributed by atoms with Gasteiger partial charge in [0.2, 0.25) is 17.7 Å². The second-order valence-corrected chi connectivity index (χ2v) is 9.84. The Bertz CT molecular complexity index is 1240. The van der Waals surface area contributed by atoms with Crippen LogP contribution >= 0.6 is 0 Å². The van der Waals surface area contributed by atoms with Gasteiger partial charge in [-0.1, -0.05) is 18.2 Å². The van der Waals surface area contributed by atoms with Crippen LogP contribution in [0, 0.1) is 39.5 Å². The maximum atomic E-state index is 14.0. The second-order valence-electron chi connectivity index (χ2n) is 9.84. The lowest BCUT2D eigenvalue weighted by Crippen LogP contribution is -2.54. The molecule has 164 valence electrons. The fourth-order valence-corrected chi connectivity index (χ4v) is 6.64. The summed E-state index contributed by atoms with van der Waals surface area (Å²) in [6.45, 7) is 8.74. The summed E-state index contributed by atoms with van der Waals surface area (Å²) in [5.74, 6) is -1.78. The number of imide groups is 1. The molecule has 4 aliphatic rings. The van der Waals surface area contributed by atoms with Gasteiger partial charge >= 0.3 is 0 Å². The first-order chi connectivity index (χ1) is 15.3. The smallest absolute Gasteiger partial charge is 0.250 e. The summed E-state index contributed by atoms with van der Waals surface area (Å²) in [5, 5.41) is 3.11. The fourth-order valence-electron chi connectivity index (χ4n) is 6.64. The van der Waals surface area contributed by atoms with E-state index < -0.39 is 17.4 Å². The van der Waals surface area contributed by atoms with E-state index in [1.165, 1.54) is 4.90 Å². The van der Waals surface area contributed by atoms with Crippen LogP contribution in [0.4, 0.5) is 11.4 Å². The maximum absolute atomic E-state index is 14.0. The number of hydrogen-bond acceptors (Lipinski definition) is 4. The third kappa shape index (κ3) is 2.11. The van der Waals surface area contributed by atoms with Crippen molar-refractivity contribution in [2.75, 3.05) is 16.8 Å². The minimum atomic E-state index is -1.11. The number of fused-ring (bicyclic) bond motifs is 7. The van der Waals surface area contributed by atoms with Crippen LogP contribution in [-0.2, 0) is 19.9 Å². The Balaban J connectivity index is 1.56. The highest BCUT2D eigenvalue weighted by Crippen LogP contribution is 2.61. The third-order valence-electron chi connectivity index (χ3n) is 8.45. The Hall–Kier alpha value is -2.99. The van der Waals surface area contributed by atoms with E-state index in [1.807, 2.05) is 58.0 Å². The van der Waals surface area contributed by atoms with E-state index in [0.29, 0.717) is 5.69 Å². The summed E-state index contributed by atoms with van der Waals surface area (Å²) in [6.07, 6.45) is 1.75. The van der Waals surface area contributed by atoms with Gasteiger partial charge in [0.1, 0.15) is 5.54 Å². The van der Waals surface area contributed by atoms with Crippen LogP contribution < -0.4 is 10.2 Å². The van der Waals surface area contributed by atoms with Gasteiger partial charge in [0.05, 0.1) is 17.5 Å². The van der Waals surface area contributed by atoms with Crippen LogP contribution in [0.5, 0.6) is 0 Å². The van der Waals surface area contributed by atoms with Gasteiger partial charge in [-0.15, -0.1) is 0 Å². The van der Waals surface area contributed by atoms with Crippen molar-refractivity contribution in [3.8, 4) is 0 Å². The molecule has 3 amide bonds. The molecule has 1 N–H and O–H groups in total. The molecular formula is C26H27N3O3. The van der Waals surface area contributed by atoms with Crippen LogP contribution in [0.25, 0.3) is 0 Å². The van der Waals surface area contributed by atoms with Gasteiger partial charge in [-0.25, -0.2) is 4.90 Å². The average Bonchev–Trinajstić information content (AvgIpc) is 3.46. The number of nitrogens with zero attached hydrogens (tertiary/aromatic N) is 2. The molecule has 4 aliphatic heterocycles. The molecule has 3 fully saturated rings. The Morgan fingerprint density at radius 2 is 1.69 bits per heavy atom. The quantitative estimate of drug-likeness (QED) is 0.706. The minimum absolute atomic E-state index is 0.0914. The molecule has 6 nitrogen and oxygen atoms in total. The Kier molecular flexibility index (Phi) is 3.87. The molecule has 4 heterocycles. The Morgan fingerprint density at radius 3 is 2.44 bits per heavy atom. The van der Waals surface area contributed by atoms with Gasteiger partial charge < -0.3 is 5.32 Å². The molecule has 0 saturated carbocycles. The first kappa shape index (κ1) is 19.7. The molecule has 1 spiro atoms. The van der Waals surface area contributed by atoms with Gasteiger partial charge in [0.15, 0.2) is 0 Å². The van der Waals surface area contributed by atoms with Crippen molar-refractivity contribution in [3.63, 3.8) is 0 Å². The first-order valence-electron chi connectivity index (χ1n) is 11.4. The van der Waals surface area contributed by atoms with Gasteiger partial charge in [-0.05, 0) is 81.5 Å². The lowest BCUT2D eigenvalue weighted by atomic mass is 9.75. The zero-order valence-corrected chi connectivity index (χ0v) is 18.9. The number of rotatable bonds is 1. The molecule has 2 aromatic carbocycles. The molecule has 2 aromatic rings. The number of carbonyl (C=O) groups is 3. The van der Waals surface area contributed by atoms with Crippen LogP contribution in [0.2, 0.25) is 0 Å². The van der Waals surface area contributed by atoms with Gasteiger partial charge in [-0.2, -0.15) is 0 Å². The number of benzene rings is 2. The van der Waals surface area contributed by atoms with Crippen LogP contribution in [0.3, 0.4) is 0 Å². The molecule has 3 saturated heterocycles. The largest absolute Gasteiger partial charge is 0.324 e. The number of carbonyl (C=O) groups excluding carboxylic acids is 3. The van der Waals surface area contributed by atoms with Gasteiger partial charge in [-0.3, -0.25) is 19.3 Å². The highest BCUT2D eigenvalue weighted by molar-refractivity contribution is 6.26. The maximum Gasteiger partial charge on any atom is 0.250 e. The van der Waals surface area contributed by atoms with E-state index in [4.69, 9.17) is 0 Å². The molecule has 4 unspecified atom stereocenters. The van der Waals surface area contributed by atoms with Crippen molar-refractivity contribution >= 4 is 29.1 Å². The second kappa shape index (κ2) is 6.29. The first-order valence-corrected chi connectivity index (χ1v) is 11.4. The number of hydrogen-bond donors (Lipinski definition) is 1. The normalized spacial score (nSPS) is 30.8. The number of amides is 3. The molecule has 32 heavy (non-hydrogen) atoms. The third-order valence-corrected chi connectivity index (χ3v) is 8.45. The van der Waals surface area contributed by atoms with Gasteiger partial charge in [0, 0.05) is 17.3 Å². The molecule has 6 rings (SSSR count). The Labute approximate surface area is 187 Å². The van der Waals surface area contributed by atoms with Crippen molar-refractivity contribution < 1.29 is 14.4 Å². The van der Waals surface area contributed by atoms with E-state index in [-0.39, 0.29) is 23.8 Å². The predicted molar refractivity (Wildman–Crippen MR) is 121 cm³/mol. The average molecular weight is 430 g/mol. The van der Waals surface area contributed by atoms with Crippen LogP contribution in [-0.4, -0.2) is 35.2 Å².